The molecular formula is C19H14ClFN2O2. The van der Waals surface area contributed by atoms with Crippen LogP contribution in [0.3, 0.4) is 0 Å². The predicted octanol–water partition coefficient (Wildman–Crippen LogP) is 3.10. The van der Waals surface area contributed by atoms with E-state index in [0.717, 1.165) is 5.56 Å². The molecule has 2 aromatic rings. The first-order chi connectivity index (χ1) is 12.0. The van der Waals surface area contributed by atoms with Crippen molar-refractivity contribution in [3.05, 3.63) is 64.4 Å². The normalized spacial score (nSPS) is 16.6. The van der Waals surface area contributed by atoms with E-state index < -0.39 is 17.8 Å². The van der Waals surface area contributed by atoms with Gasteiger partial charge in [-0.25, -0.2) is 4.39 Å². The highest BCUT2D eigenvalue weighted by Crippen LogP contribution is 2.17. The number of hydrogen-bond donors (Lipinski definition) is 2. The van der Waals surface area contributed by atoms with Crippen molar-refractivity contribution in [3.63, 3.8) is 0 Å². The van der Waals surface area contributed by atoms with E-state index in [2.05, 4.69) is 22.5 Å². The molecule has 0 radical (unpaired) electrons. The molecule has 0 aromatic heterocycles. The topological polar surface area (TPSA) is 58.2 Å². The number of anilines is 1. The molecule has 1 fully saturated rings. The summed E-state index contributed by atoms with van der Waals surface area (Å²) in [6, 6.07) is 10.9. The molecule has 126 valence electrons. The summed E-state index contributed by atoms with van der Waals surface area (Å²) < 4.78 is 14.2. The van der Waals surface area contributed by atoms with Gasteiger partial charge in [-0.15, -0.1) is 0 Å². The lowest BCUT2D eigenvalue weighted by molar-refractivity contribution is -0.133. The zero-order valence-corrected chi connectivity index (χ0v) is 13.9. The van der Waals surface area contributed by atoms with Crippen molar-refractivity contribution in [1.82, 2.24) is 5.32 Å². The zero-order chi connectivity index (χ0) is 17.8. The number of carbonyl (C=O) groups is 2. The van der Waals surface area contributed by atoms with Crippen LogP contribution in [0.5, 0.6) is 0 Å². The van der Waals surface area contributed by atoms with E-state index in [-0.39, 0.29) is 17.9 Å². The SMILES string of the molecule is O=C1CCC(Nc2ccc(C#Cc3ccc(Cl)cc3)c(F)c2)C(=O)N1. The Morgan fingerprint density at radius 3 is 2.56 bits per heavy atom. The monoisotopic (exact) mass is 356 g/mol. The molecule has 1 aliphatic rings. The Morgan fingerprint density at radius 2 is 1.88 bits per heavy atom. The molecule has 2 N–H and O–H groups in total. The molecule has 0 spiro atoms. The third-order valence-electron chi connectivity index (χ3n) is 3.73. The van der Waals surface area contributed by atoms with E-state index in [1.54, 1.807) is 36.4 Å². The van der Waals surface area contributed by atoms with E-state index in [4.69, 9.17) is 11.6 Å². The Labute approximate surface area is 149 Å². The Bertz CT molecular complexity index is 885. The van der Waals surface area contributed by atoms with Crippen LogP contribution in [0.2, 0.25) is 5.02 Å². The number of imide groups is 1. The lowest BCUT2D eigenvalue weighted by Gasteiger charge is -2.22. The highest BCUT2D eigenvalue weighted by Gasteiger charge is 2.26. The smallest absolute Gasteiger partial charge is 0.249 e. The molecule has 1 heterocycles. The number of benzene rings is 2. The molecule has 2 aromatic carbocycles. The van der Waals surface area contributed by atoms with Crippen LogP contribution in [0, 0.1) is 17.7 Å². The van der Waals surface area contributed by atoms with Crippen molar-refractivity contribution in [2.45, 2.75) is 18.9 Å². The van der Waals surface area contributed by atoms with E-state index in [0.29, 0.717) is 17.1 Å². The summed E-state index contributed by atoms with van der Waals surface area (Å²) in [6.45, 7) is 0. The van der Waals surface area contributed by atoms with Crippen LogP contribution in [0.1, 0.15) is 24.0 Å². The van der Waals surface area contributed by atoms with Crippen LogP contribution in [-0.2, 0) is 9.59 Å². The molecule has 1 unspecified atom stereocenters. The van der Waals surface area contributed by atoms with Crippen molar-refractivity contribution < 1.29 is 14.0 Å². The van der Waals surface area contributed by atoms with Gasteiger partial charge in [0.15, 0.2) is 0 Å². The molecule has 0 saturated carbocycles. The molecular weight excluding hydrogens is 343 g/mol. The van der Waals surface area contributed by atoms with Gasteiger partial charge in [-0.05, 0) is 48.9 Å². The van der Waals surface area contributed by atoms with Gasteiger partial charge in [0.2, 0.25) is 11.8 Å². The maximum Gasteiger partial charge on any atom is 0.249 e. The Balaban J connectivity index is 1.72. The molecule has 1 aliphatic heterocycles. The number of piperidine rings is 1. The standard InChI is InChI=1S/C19H14ClFN2O2/c20-14-6-2-12(3-7-14)1-4-13-5-8-15(11-16(13)21)22-17-9-10-18(24)23-19(17)25/h2-3,5-8,11,17,22H,9-10H2,(H,23,24,25). The lowest BCUT2D eigenvalue weighted by Crippen LogP contribution is -2.47. The van der Waals surface area contributed by atoms with Gasteiger partial charge < -0.3 is 5.32 Å². The second kappa shape index (κ2) is 7.37. The lowest BCUT2D eigenvalue weighted by atomic mass is 10.1. The second-order valence-corrected chi connectivity index (χ2v) is 6.04. The van der Waals surface area contributed by atoms with Crippen LogP contribution < -0.4 is 10.6 Å². The second-order valence-electron chi connectivity index (χ2n) is 5.60. The van der Waals surface area contributed by atoms with Crippen molar-refractivity contribution in [2.75, 3.05) is 5.32 Å². The third-order valence-corrected chi connectivity index (χ3v) is 3.99. The summed E-state index contributed by atoms with van der Waals surface area (Å²) in [6.07, 6.45) is 0.640. The summed E-state index contributed by atoms with van der Waals surface area (Å²) in [4.78, 5) is 22.9. The number of nitrogens with one attached hydrogen (secondary N) is 2. The summed E-state index contributed by atoms with van der Waals surface area (Å²) in [5, 5.41) is 5.80. The van der Waals surface area contributed by atoms with Crippen LogP contribution in [0.25, 0.3) is 0 Å². The third kappa shape index (κ3) is 4.37. The summed E-state index contributed by atoms with van der Waals surface area (Å²) in [5.74, 6) is 4.47. The van der Waals surface area contributed by atoms with Gasteiger partial charge in [-0.3, -0.25) is 14.9 Å². The first-order valence-electron chi connectivity index (χ1n) is 7.68. The predicted molar refractivity (Wildman–Crippen MR) is 93.6 cm³/mol. The zero-order valence-electron chi connectivity index (χ0n) is 13.1. The fourth-order valence-electron chi connectivity index (χ4n) is 2.41. The van der Waals surface area contributed by atoms with Gasteiger partial charge in [0.05, 0.1) is 5.56 Å². The van der Waals surface area contributed by atoms with E-state index >= 15 is 0 Å². The van der Waals surface area contributed by atoms with E-state index in [9.17, 15) is 14.0 Å². The molecule has 0 aliphatic carbocycles. The van der Waals surface area contributed by atoms with Gasteiger partial charge >= 0.3 is 0 Å². The number of halogens is 2. The molecule has 1 saturated heterocycles. The molecule has 4 nitrogen and oxygen atoms in total. The van der Waals surface area contributed by atoms with Crippen LogP contribution in [-0.4, -0.2) is 17.9 Å². The van der Waals surface area contributed by atoms with Gasteiger partial charge in [0, 0.05) is 22.7 Å². The highest BCUT2D eigenvalue weighted by atomic mass is 35.5. The number of rotatable bonds is 2. The quantitative estimate of drug-likeness (QED) is 0.642. The number of amides is 2. The van der Waals surface area contributed by atoms with E-state index in [1.807, 2.05) is 0 Å². The molecule has 3 rings (SSSR count). The Kier molecular flexibility index (Phi) is 5.01. The summed E-state index contributed by atoms with van der Waals surface area (Å²) in [5.41, 5.74) is 1.45. The van der Waals surface area contributed by atoms with Gasteiger partial charge in [-0.2, -0.15) is 0 Å². The first kappa shape index (κ1) is 17.0. The molecule has 0 bridgehead atoms. The van der Waals surface area contributed by atoms with Gasteiger partial charge in [0.25, 0.3) is 0 Å². The minimum Gasteiger partial charge on any atom is -0.374 e. The van der Waals surface area contributed by atoms with E-state index in [1.165, 1.54) is 6.07 Å². The fraction of sp³-hybridized carbons (Fsp3) is 0.158. The average molecular weight is 357 g/mol. The number of carbonyl (C=O) groups excluding carboxylic acids is 2. The molecule has 2 amide bonds. The largest absolute Gasteiger partial charge is 0.374 e. The number of hydrogen-bond acceptors (Lipinski definition) is 3. The highest BCUT2D eigenvalue weighted by molar-refractivity contribution is 6.30. The van der Waals surface area contributed by atoms with Crippen molar-refractivity contribution in [1.29, 1.82) is 0 Å². The summed E-state index contributed by atoms with van der Waals surface area (Å²) >= 11 is 5.81. The maximum atomic E-state index is 14.2. The van der Waals surface area contributed by atoms with Crippen LogP contribution in [0.4, 0.5) is 10.1 Å². The molecule has 1 atom stereocenters. The van der Waals surface area contributed by atoms with Crippen molar-refractivity contribution >= 4 is 29.1 Å². The minimum absolute atomic E-state index is 0.253. The maximum absolute atomic E-state index is 14.2. The first-order valence-corrected chi connectivity index (χ1v) is 8.06. The fourth-order valence-corrected chi connectivity index (χ4v) is 2.54. The van der Waals surface area contributed by atoms with Gasteiger partial charge in [-0.1, -0.05) is 23.4 Å². The van der Waals surface area contributed by atoms with Crippen molar-refractivity contribution in [3.8, 4) is 11.8 Å². The Morgan fingerprint density at radius 1 is 1.12 bits per heavy atom. The molecule has 6 heteroatoms. The van der Waals surface area contributed by atoms with Gasteiger partial charge in [0.1, 0.15) is 11.9 Å². The molecule has 25 heavy (non-hydrogen) atoms. The Hall–Kier alpha value is -2.84. The summed E-state index contributed by atoms with van der Waals surface area (Å²) in [7, 11) is 0. The van der Waals surface area contributed by atoms with Crippen LogP contribution >= 0.6 is 11.6 Å². The average Bonchev–Trinajstić information content (AvgIpc) is 2.58. The van der Waals surface area contributed by atoms with Crippen molar-refractivity contribution in [2.24, 2.45) is 0 Å². The van der Waals surface area contributed by atoms with Crippen LogP contribution in [0.15, 0.2) is 42.5 Å². The minimum atomic E-state index is -0.553.